The monoisotopic (exact) mass is 412 g/mol. The summed E-state index contributed by atoms with van der Waals surface area (Å²) >= 11 is 6.10. The van der Waals surface area contributed by atoms with Gasteiger partial charge in [-0.1, -0.05) is 17.7 Å². The van der Waals surface area contributed by atoms with E-state index in [9.17, 15) is 9.18 Å². The van der Waals surface area contributed by atoms with Gasteiger partial charge < -0.3 is 9.80 Å². The van der Waals surface area contributed by atoms with Crippen LogP contribution in [0.5, 0.6) is 0 Å². The van der Waals surface area contributed by atoms with E-state index in [0.29, 0.717) is 29.4 Å². The SMILES string of the molecule is Cc1nn(-c2ccc(F)cc2)c(C)c1C(=O)N1CCN(c2cccc(Cl)c2)CC1. The predicted octanol–water partition coefficient (Wildman–Crippen LogP) is 4.24. The molecule has 150 valence electrons. The molecule has 5 nitrogen and oxygen atoms in total. The number of hydrogen-bond donors (Lipinski definition) is 0. The average Bonchev–Trinajstić information content (AvgIpc) is 3.02. The van der Waals surface area contributed by atoms with Gasteiger partial charge in [-0.3, -0.25) is 4.79 Å². The van der Waals surface area contributed by atoms with E-state index in [1.807, 2.05) is 43.0 Å². The van der Waals surface area contributed by atoms with E-state index in [1.54, 1.807) is 16.8 Å². The summed E-state index contributed by atoms with van der Waals surface area (Å²) in [7, 11) is 0. The van der Waals surface area contributed by atoms with Gasteiger partial charge >= 0.3 is 0 Å². The first-order chi connectivity index (χ1) is 13.9. The largest absolute Gasteiger partial charge is 0.368 e. The lowest BCUT2D eigenvalue weighted by atomic mass is 10.1. The van der Waals surface area contributed by atoms with Gasteiger partial charge in [-0.2, -0.15) is 5.10 Å². The van der Waals surface area contributed by atoms with Crippen molar-refractivity contribution < 1.29 is 9.18 Å². The number of aryl methyl sites for hydroxylation is 1. The number of hydrogen-bond acceptors (Lipinski definition) is 3. The molecule has 4 rings (SSSR count). The van der Waals surface area contributed by atoms with Gasteiger partial charge in [-0.05, 0) is 56.3 Å². The Kier molecular flexibility index (Phi) is 5.28. The predicted molar refractivity (Wildman–Crippen MR) is 113 cm³/mol. The summed E-state index contributed by atoms with van der Waals surface area (Å²) in [6.07, 6.45) is 0. The van der Waals surface area contributed by atoms with Crippen molar-refractivity contribution in [1.82, 2.24) is 14.7 Å². The maximum absolute atomic E-state index is 13.2. The third-order valence-corrected chi connectivity index (χ3v) is 5.55. The van der Waals surface area contributed by atoms with Gasteiger partial charge in [0.25, 0.3) is 5.91 Å². The smallest absolute Gasteiger partial charge is 0.257 e. The van der Waals surface area contributed by atoms with E-state index in [2.05, 4.69) is 10.00 Å². The molecule has 7 heteroatoms. The molecule has 0 saturated carbocycles. The molecule has 0 radical (unpaired) electrons. The maximum Gasteiger partial charge on any atom is 0.257 e. The quantitative estimate of drug-likeness (QED) is 0.646. The Labute approximate surface area is 174 Å². The summed E-state index contributed by atoms with van der Waals surface area (Å²) in [5.41, 5.74) is 3.86. The van der Waals surface area contributed by atoms with Gasteiger partial charge in [0, 0.05) is 36.9 Å². The molecule has 1 aliphatic rings. The summed E-state index contributed by atoms with van der Waals surface area (Å²) in [4.78, 5) is 17.3. The second kappa shape index (κ2) is 7.87. The highest BCUT2D eigenvalue weighted by atomic mass is 35.5. The summed E-state index contributed by atoms with van der Waals surface area (Å²) in [6.45, 7) is 6.46. The van der Waals surface area contributed by atoms with Crippen LogP contribution in [0.25, 0.3) is 5.69 Å². The number of rotatable bonds is 3. The molecular weight excluding hydrogens is 391 g/mol. The second-order valence-corrected chi connectivity index (χ2v) is 7.63. The molecule has 0 N–H and O–H groups in total. The molecule has 0 spiro atoms. The lowest BCUT2D eigenvalue weighted by Crippen LogP contribution is -2.49. The highest BCUT2D eigenvalue weighted by molar-refractivity contribution is 6.30. The molecule has 0 bridgehead atoms. The Balaban J connectivity index is 1.51. The van der Waals surface area contributed by atoms with Crippen molar-refractivity contribution in [3.63, 3.8) is 0 Å². The van der Waals surface area contributed by atoms with E-state index in [-0.39, 0.29) is 11.7 Å². The third-order valence-electron chi connectivity index (χ3n) is 5.32. The number of piperazine rings is 1. The number of carbonyl (C=O) groups is 1. The number of carbonyl (C=O) groups excluding carboxylic acids is 1. The molecule has 0 unspecified atom stereocenters. The normalized spacial score (nSPS) is 14.3. The number of anilines is 1. The average molecular weight is 413 g/mol. The van der Waals surface area contributed by atoms with Crippen LogP contribution in [-0.4, -0.2) is 46.8 Å². The van der Waals surface area contributed by atoms with Gasteiger partial charge in [-0.15, -0.1) is 0 Å². The fourth-order valence-corrected chi connectivity index (χ4v) is 3.97. The van der Waals surface area contributed by atoms with Gasteiger partial charge in [0.05, 0.1) is 22.6 Å². The second-order valence-electron chi connectivity index (χ2n) is 7.19. The molecule has 0 aliphatic carbocycles. The fourth-order valence-electron chi connectivity index (χ4n) is 3.78. The van der Waals surface area contributed by atoms with Crippen LogP contribution in [0.3, 0.4) is 0 Å². The first-order valence-electron chi connectivity index (χ1n) is 9.56. The molecule has 29 heavy (non-hydrogen) atoms. The number of amides is 1. The Morgan fingerprint density at radius 2 is 1.69 bits per heavy atom. The number of nitrogens with zero attached hydrogens (tertiary/aromatic N) is 4. The molecular formula is C22H22ClFN4O. The number of aromatic nitrogens is 2. The first kappa shape index (κ1) is 19.5. The highest BCUT2D eigenvalue weighted by Crippen LogP contribution is 2.23. The zero-order valence-electron chi connectivity index (χ0n) is 16.4. The van der Waals surface area contributed by atoms with E-state index < -0.39 is 0 Å². The minimum absolute atomic E-state index is 0.0147. The van der Waals surface area contributed by atoms with Crippen molar-refractivity contribution >= 4 is 23.2 Å². The molecule has 1 saturated heterocycles. The molecule has 1 aromatic heterocycles. The topological polar surface area (TPSA) is 41.4 Å². The standard InChI is InChI=1S/C22H22ClFN4O/c1-15-21(16(2)28(25-15)19-8-6-18(24)7-9-19)22(29)27-12-10-26(11-13-27)20-5-3-4-17(23)14-20/h3-9,14H,10-13H2,1-2H3. The number of benzene rings is 2. The summed E-state index contributed by atoms with van der Waals surface area (Å²) in [6, 6.07) is 13.9. The van der Waals surface area contributed by atoms with Crippen LogP contribution in [0.2, 0.25) is 5.02 Å². The van der Waals surface area contributed by atoms with Crippen molar-refractivity contribution in [3.05, 3.63) is 76.3 Å². The maximum atomic E-state index is 13.2. The molecule has 1 amide bonds. The zero-order valence-corrected chi connectivity index (χ0v) is 17.2. The zero-order chi connectivity index (χ0) is 20.5. The third kappa shape index (κ3) is 3.85. The number of halogens is 2. The van der Waals surface area contributed by atoms with Gasteiger partial charge in [0.1, 0.15) is 5.82 Å². The summed E-state index contributed by atoms with van der Waals surface area (Å²) < 4.78 is 14.9. The molecule has 2 aromatic carbocycles. The van der Waals surface area contributed by atoms with E-state index >= 15 is 0 Å². The van der Waals surface area contributed by atoms with E-state index in [4.69, 9.17) is 11.6 Å². The van der Waals surface area contributed by atoms with Crippen molar-refractivity contribution in [2.45, 2.75) is 13.8 Å². The lowest BCUT2D eigenvalue weighted by molar-refractivity contribution is 0.0745. The van der Waals surface area contributed by atoms with Crippen molar-refractivity contribution in [2.24, 2.45) is 0 Å². The van der Waals surface area contributed by atoms with Crippen LogP contribution in [0, 0.1) is 19.7 Å². The Morgan fingerprint density at radius 1 is 1.00 bits per heavy atom. The molecule has 1 fully saturated rings. The van der Waals surface area contributed by atoms with Gasteiger partial charge in [0.15, 0.2) is 0 Å². The molecule has 3 aromatic rings. The molecule has 0 atom stereocenters. The van der Waals surface area contributed by atoms with Crippen LogP contribution in [0.15, 0.2) is 48.5 Å². The van der Waals surface area contributed by atoms with Crippen molar-refractivity contribution in [3.8, 4) is 5.69 Å². The van der Waals surface area contributed by atoms with Crippen molar-refractivity contribution in [2.75, 3.05) is 31.1 Å². The summed E-state index contributed by atoms with van der Waals surface area (Å²) in [5, 5.41) is 5.23. The minimum atomic E-state index is -0.302. The van der Waals surface area contributed by atoms with Crippen LogP contribution in [0.1, 0.15) is 21.7 Å². The molecule has 2 heterocycles. The Hall–Kier alpha value is -2.86. The van der Waals surface area contributed by atoms with Crippen LogP contribution >= 0.6 is 11.6 Å². The van der Waals surface area contributed by atoms with Crippen LogP contribution < -0.4 is 4.90 Å². The van der Waals surface area contributed by atoms with Gasteiger partial charge in [0.2, 0.25) is 0 Å². The Bertz CT molecular complexity index is 1040. The van der Waals surface area contributed by atoms with Gasteiger partial charge in [-0.25, -0.2) is 9.07 Å². The lowest BCUT2D eigenvalue weighted by Gasteiger charge is -2.36. The minimum Gasteiger partial charge on any atom is -0.368 e. The fraction of sp³-hybridized carbons (Fsp3) is 0.273. The molecule has 1 aliphatic heterocycles. The van der Waals surface area contributed by atoms with Crippen LogP contribution in [0.4, 0.5) is 10.1 Å². The van der Waals surface area contributed by atoms with E-state index in [0.717, 1.165) is 30.2 Å². The van der Waals surface area contributed by atoms with Crippen LogP contribution in [-0.2, 0) is 0 Å². The first-order valence-corrected chi connectivity index (χ1v) is 9.94. The highest BCUT2D eigenvalue weighted by Gasteiger charge is 2.27. The summed E-state index contributed by atoms with van der Waals surface area (Å²) in [5.74, 6) is -0.316. The van der Waals surface area contributed by atoms with Crippen molar-refractivity contribution in [1.29, 1.82) is 0 Å². The van der Waals surface area contributed by atoms with E-state index in [1.165, 1.54) is 12.1 Å². The Morgan fingerprint density at radius 3 is 2.34 bits per heavy atom.